The molecule has 1 N–H and O–H groups in total. The Morgan fingerprint density at radius 1 is 1.39 bits per heavy atom. The zero-order chi connectivity index (χ0) is 17.2. The fourth-order valence-corrected chi connectivity index (χ4v) is 3.60. The van der Waals surface area contributed by atoms with Crippen LogP contribution in [0, 0.1) is 19.8 Å². The van der Waals surface area contributed by atoms with Crippen LogP contribution in [0.25, 0.3) is 0 Å². The molecule has 130 valence electrons. The lowest BCUT2D eigenvalue weighted by atomic mass is 9.97. The highest BCUT2D eigenvalue weighted by Gasteiger charge is 2.25. The van der Waals surface area contributed by atoms with Crippen molar-refractivity contribution in [3.05, 3.63) is 17.0 Å². The summed E-state index contributed by atoms with van der Waals surface area (Å²) in [5.41, 5.74) is 2.91. The first-order chi connectivity index (χ1) is 10.7. The molecule has 1 aromatic rings. The number of piperidine rings is 1. The van der Waals surface area contributed by atoms with E-state index < -0.39 is 10.0 Å². The van der Waals surface area contributed by atoms with Crippen LogP contribution in [0.1, 0.15) is 29.8 Å². The standard InChI is InChI=1S/C15H26N4O3S/c1-11-14(12(2)18(3)17-11)8-15(20)19-7-5-6-13(10-19)9-16-23(4,21)22/h13,16H,5-10H2,1-4H3/t13-/m1/s1. The highest BCUT2D eigenvalue weighted by molar-refractivity contribution is 7.88. The number of hydrogen-bond donors (Lipinski definition) is 1. The number of aromatic nitrogens is 2. The van der Waals surface area contributed by atoms with Gasteiger partial charge in [0.05, 0.1) is 18.4 Å². The zero-order valence-corrected chi connectivity index (χ0v) is 15.1. The van der Waals surface area contributed by atoms with E-state index in [1.54, 1.807) is 4.68 Å². The van der Waals surface area contributed by atoms with Gasteiger partial charge in [-0.15, -0.1) is 0 Å². The quantitative estimate of drug-likeness (QED) is 0.838. The number of nitrogens with zero attached hydrogens (tertiary/aromatic N) is 3. The minimum atomic E-state index is -3.18. The summed E-state index contributed by atoms with van der Waals surface area (Å²) >= 11 is 0. The molecule has 1 fully saturated rings. The van der Waals surface area contributed by atoms with E-state index in [0.717, 1.165) is 42.6 Å². The Balaban J connectivity index is 1.96. The number of nitrogens with one attached hydrogen (secondary N) is 1. The summed E-state index contributed by atoms with van der Waals surface area (Å²) in [4.78, 5) is 14.4. The fraction of sp³-hybridized carbons (Fsp3) is 0.733. The molecule has 8 heteroatoms. The van der Waals surface area contributed by atoms with Gasteiger partial charge in [-0.2, -0.15) is 5.10 Å². The third-order valence-electron chi connectivity index (χ3n) is 4.49. The first kappa shape index (κ1) is 17.9. The predicted octanol–water partition coefficient (Wildman–Crippen LogP) is 0.367. The van der Waals surface area contributed by atoms with E-state index in [9.17, 15) is 13.2 Å². The molecule has 2 heterocycles. The molecule has 1 amide bonds. The number of hydrogen-bond acceptors (Lipinski definition) is 4. The first-order valence-electron chi connectivity index (χ1n) is 7.89. The Morgan fingerprint density at radius 3 is 2.65 bits per heavy atom. The van der Waals surface area contributed by atoms with Gasteiger partial charge in [0.15, 0.2) is 0 Å². The van der Waals surface area contributed by atoms with Crippen molar-refractivity contribution in [2.24, 2.45) is 13.0 Å². The van der Waals surface area contributed by atoms with E-state index in [0.29, 0.717) is 19.5 Å². The number of amides is 1. The topological polar surface area (TPSA) is 84.3 Å². The number of rotatable bonds is 5. The first-order valence-corrected chi connectivity index (χ1v) is 9.78. The van der Waals surface area contributed by atoms with Gasteiger partial charge in [-0.25, -0.2) is 13.1 Å². The van der Waals surface area contributed by atoms with E-state index in [1.165, 1.54) is 0 Å². The Morgan fingerprint density at radius 2 is 2.09 bits per heavy atom. The SMILES string of the molecule is Cc1nn(C)c(C)c1CC(=O)N1CCC[C@H](CNS(C)(=O)=O)C1. The Kier molecular flexibility index (Phi) is 5.46. The molecule has 0 aromatic carbocycles. The Bertz CT molecular complexity index is 681. The third-order valence-corrected chi connectivity index (χ3v) is 5.18. The lowest BCUT2D eigenvalue weighted by Crippen LogP contribution is -2.44. The van der Waals surface area contributed by atoms with Gasteiger partial charge in [0, 0.05) is 37.9 Å². The number of sulfonamides is 1. The number of aryl methyl sites for hydroxylation is 2. The van der Waals surface area contributed by atoms with Crippen LogP contribution in [0.2, 0.25) is 0 Å². The number of likely N-dealkylation sites (tertiary alicyclic amines) is 1. The number of carbonyl (C=O) groups is 1. The van der Waals surface area contributed by atoms with Crippen LogP contribution in [0.5, 0.6) is 0 Å². The molecule has 1 saturated heterocycles. The average Bonchev–Trinajstić information content (AvgIpc) is 2.71. The van der Waals surface area contributed by atoms with Gasteiger partial charge in [0.2, 0.25) is 15.9 Å². The van der Waals surface area contributed by atoms with Crippen LogP contribution in [0.3, 0.4) is 0 Å². The van der Waals surface area contributed by atoms with Crippen LogP contribution in [-0.2, 0) is 28.3 Å². The van der Waals surface area contributed by atoms with E-state index in [1.807, 2.05) is 25.8 Å². The molecule has 23 heavy (non-hydrogen) atoms. The van der Waals surface area contributed by atoms with Crippen molar-refractivity contribution in [2.75, 3.05) is 25.9 Å². The molecular weight excluding hydrogens is 316 g/mol. The van der Waals surface area contributed by atoms with Crippen molar-refractivity contribution in [3.63, 3.8) is 0 Å². The summed E-state index contributed by atoms with van der Waals surface area (Å²) < 4.78 is 26.8. The molecular formula is C15H26N4O3S. The van der Waals surface area contributed by atoms with Gasteiger partial charge in [-0.05, 0) is 32.6 Å². The second-order valence-electron chi connectivity index (χ2n) is 6.42. The molecule has 0 radical (unpaired) electrons. The highest BCUT2D eigenvalue weighted by Crippen LogP contribution is 2.19. The summed E-state index contributed by atoms with van der Waals surface area (Å²) in [6.45, 7) is 5.64. The van der Waals surface area contributed by atoms with E-state index in [2.05, 4.69) is 9.82 Å². The number of carbonyl (C=O) groups excluding carboxylic acids is 1. The van der Waals surface area contributed by atoms with Gasteiger partial charge < -0.3 is 4.90 Å². The lowest BCUT2D eigenvalue weighted by molar-refractivity contribution is -0.132. The smallest absolute Gasteiger partial charge is 0.227 e. The van der Waals surface area contributed by atoms with E-state index in [4.69, 9.17) is 0 Å². The lowest BCUT2D eigenvalue weighted by Gasteiger charge is -2.33. The molecule has 7 nitrogen and oxygen atoms in total. The van der Waals surface area contributed by atoms with Crippen LogP contribution in [0.4, 0.5) is 0 Å². The van der Waals surface area contributed by atoms with Crippen molar-refractivity contribution < 1.29 is 13.2 Å². The van der Waals surface area contributed by atoms with Gasteiger partial charge in [0.25, 0.3) is 0 Å². The minimum absolute atomic E-state index is 0.0910. The maximum absolute atomic E-state index is 12.6. The van der Waals surface area contributed by atoms with Gasteiger partial charge in [0.1, 0.15) is 0 Å². The summed E-state index contributed by atoms with van der Waals surface area (Å²) in [6.07, 6.45) is 3.37. The zero-order valence-electron chi connectivity index (χ0n) is 14.3. The van der Waals surface area contributed by atoms with Crippen molar-refractivity contribution in [2.45, 2.75) is 33.1 Å². The van der Waals surface area contributed by atoms with E-state index >= 15 is 0 Å². The summed E-state index contributed by atoms with van der Waals surface area (Å²) in [7, 11) is -1.30. The van der Waals surface area contributed by atoms with Crippen LogP contribution in [-0.4, -0.2) is 54.9 Å². The third kappa shape index (κ3) is 4.78. The predicted molar refractivity (Wildman–Crippen MR) is 88.5 cm³/mol. The van der Waals surface area contributed by atoms with E-state index in [-0.39, 0.29) is 11.8 Å². The van der Waals surface area contributed by atoms with Gasteiger partial charge >= 0.3 is 0 Å². The second kappa shape index (κ2) is 7.00. The van der Waals surface area contributed by atoms with Crippen molar-refractivity contribution in [1.29, 1.82) is 0 Å². The molecule has 1 atom stereocenters. The maximum atomic E-state index is 12.6. The Hall–Kier alpha value is -1.41. The molecule has 2 rings (SSSR count). The molecule has 0 unspecified atom stereocenters. The molecule has 0 spiro atoms. The van der Waals surface area contributed by atoms with Crippen molar-refractivity contribution >= 4 is 15.9 Å². The maximum Gasteiger partial charge on any atom is 0.227 e. The van der Waals surface area contributed by atoms with Crippen LogP contribution in [0.15, 0.2) is 0 Å². The molecule has 1 aromatic heterocycles. The highest BCUT2D eigenvalue weighted by atomic mass is 32.2. The van der Waals surface area contributed by atoms with Crippen LogP contribution >= 0.6 is 0 Å². The van der Waals surface area contributed by atoms with Crippen molar-refractivity contribution in [3.8, 4) is 0 Å². The molecule has 0 saturated carbocycles. The molecule has 1 aliphatic rings. The van der Waals surface area contributed by atoms with Crippen LogP contribution < -0.4 is 4.72 Å². The average molecular weight is 342 g/mol. The largest absolute Gasteiger partial charge is 0.342 e. The van der Waals surface area contributed by atoms with Crippen molar-refractivity contribution in [1.82, 2.24) is 19.4 Å². The second-order valence-corrected chi connectivity index (χ2v) is 8.25. The molecule has 0 aliphatic carbocycles. The molecule has 1 aliphatic heterocycles. The monoisotopic (exact) mass is 342 g/mol. The van der Waals surface area contributed by atoms with Gasteiger partial charge in [-0.3, -0.25) is 9.48 Å². The summed E-state index contributed by atoms with van der Waals surface area (Å²) in [5.74, 6) is 0.270. The summed E-state index contributed by atoms with van der Waals surface area (Å²) in [6, 6.07) is 0. The van der Waals surface area contributed by atoms with Gasteiger partial charge in [-0.1, -0.05) is 0 Å². The summed E-state index contributed by atoms with van der Waals surface area (Å²) in [5, 5.41) is 4.35. The minimum Gasteiger partial charge on any atom is -0.342 e. The normalized spacial score (nSPS) is 19.1. The Labute approximate surface area is 138 Å². The molecule has 0 bridgehead atoms. The fourth-order valence-electron chi connectivity index (χ4n) is 3.06.